The van der Waals surface area contributed by atoms with Gasteiger partial charge in [-0.1, -0.05) is 88.8 Å². The molecule has 1 radical (unpaired) electrons. The van der Waals surface area contributed by atoms with Gasteiger partial charge in [-0.15, -0.1) is 0 Å². The van der Waals surface area contributed by atoms with Crippen LogP contribution in [0.3, 0.4) is 0 Å². The Morgan fingerprint density at radius 3 is 2.26 bits per heavy atom. The molecule has 43 heavy (non-hydrogen) atoms. The van der Waals surface area contributed by atoms with Crippen LogP contribution in [0.25, 0.3) is 0 Å². The molecule has 2 atom stereocenters. The largest absolute Gasteiger partial charge is 0.330 e. The number of rotatable bonds is 9. The summed E-state index contributed by atoms with van der Waals surface area (Å²) in [5.41, 5.74) is 5.98. The number of allylic oxidation sites excluding steroid dienone is 5. The summed E-state index contributed by atoms with van der Waals surface area (Å²) in [5, 5.41) is 5.10. The molecule has 0 N–H and O–H groups in total. The van der Waals surface area contributed by atoms with Crippen LogP contribution in [0.4, 0.5) is 5.69 Å². The Hall–Kier alpha value is -3.67. The van der Waals surface area contributed by atoms with Crippen LogP contribution in [0, 0.1) is 12.0 Å². The van der Waals surface area contributed by atoms with Gasteiger partial charge in [0.25, 0.3) is 11.9 Å². The van der Waals surface area contributed by atoms with Crippen LogP contribution in [0.5, 0.6) is 0 Å². The Balaban J connectivity index is 0.000000780. The van der Waals surface area contributed by atoms with Crippen molar-refractivity contribution < 1.29 is 14.3 Å². The predicted octanol–water partition coefficient (Wildman–Crippen LogP) is 9.17. The fourth-order valence-corrected chi connectivity index (χ4v) is 5.66. The Bertz CT molecular complexity index is 1320. The molecule has 1 amide bonds. The van der Waals surface area contributed by atoms with Crippen LogP contribution in [0.15, 0.2) is 94.4 Å². The summed E-state index contributed by atoms with van der Waals surface area (Å²) >= 11 is 0. The van der Waals surface area contributed by atoms with Gasteiger partial charge in [-0.25, -0.2) is 0 Å². The van der Waals surface area contributed by atoms with Gasteiger partial charge in [0.05, 0.1) is 11.6 Å². The first-order valence-electron chi connectivity index (χ1n) is 15.9. The molecule has 5 rings (SSSR count). The molecule has 6 nitrogen and oxygen atoms in total. The average molecular weight is 583 g/mol. The molecule has 2 fully saturated rings. The van der Waals surface area contributed by atoms with Crippen LogP contribution in [-0.2, 0) is 9.59 Å². The molecule has 1 unspecified atom stereocenters. The minimum atomic E-state index is -0.245. The summed E-state index contributed by atoms with van der Waals surface area (Å²) in [6.45, 7) is 25.8. The summed E-state index contributed by atoms with van der Waals surface area (Å²) in [6.07, 6.45) is 11.6. The molecule has 229 valence electrons. The molecule has 2 aliphatic carbocycles. The van der Waals surface area contributed by atoms with E-state index in [9.17, 15) is 9.59 Å². The number of amides is 1. The van der Waals surface area contributed by atoms with Crippen LogP contribution in [-0.4, -0.2) is 40.6 Å². The van der Waals surface area contributed by atoms with Gasteiger partial charge >= 0.3 is 0 Å². The summed E-state index contributed by atoms with van der Waals surface area (Å²) in [5.74, 6) is 0.453. The second-order valence-electron chi connectivity index (χ2n) is 11.4. The molecule has 1 saturated heterocycles. The highest BCUT2D eigenvalue weighted by Gasteiger charge is 2.52. The van der Waals surface area contributed by atoms with E-state index in [0.717, 1.165) is 41.8 Å². The smallest absolute Gasteiger partial charge is 0.291 e. The molecule has 1 saturated carbocycles. The van der Waals surface area contributed by atoms with Crippen molar-refractivity contribution in [2.45, 2.75) is 97.9 Å². The molecular weight excluding hydrogens is 532 g/mol. The standard InChI is InChI=1S/C31H34N4O2.C4H10.C2H6/c1-6-19(2)24-11-14-26-30-28(35(33-26)25-12-9-23(10-13-25)22-7-8-22)15-16-34(29(30)18-24)31(37)27(32-5)17-20(3)21(4)36;1-3-4-2;1-2/h6,9-10,12-13,17,22,24,29H,1-3,5,7-8,11,14-16,18H2,4H3;3-4H2,1-2H3;1-2H3/q+1;;/b27-17-;;/t24?,29-;;/m0../s1. The van der Waals surface area contributed by atoms with E-state index in [2.05, 4.69) is 74.3 Å². The van der Waals surface area contributed by atoms with E-state index < -0.39 is 0 Å². The Kier molecular flexibility index (Phi) is 12.4. The van der Waals surface area contributed by atoms with E-state index in [1.54, 1.807) is 0 Å². The number of carbonyl (C=O) groups is 2. The first kappa shape index (κ1) is 33.8. The van der Waals surface area contributed by atoms with E-state index in [1.165, 1.54) is 50.3 Å². The minimum Gasteiger partial charge on any atom is -0.330 e. The van der Waals surface area contributed by atoms with Gasteiger partial charge in [-0.05, 0) is 74.3 Å². The number of Topliss-reactive ketones (excluding diaryl/α,β-unsaturated/α-hetero) is 1. The SMILES string of the molecule is C=CC(=C)C1CCC2=C3[C](CCN(C(=O)/C(=C/C(=C)C(C)=O)N=C)[C@H]3C1)[N+](c1ccc(C3CC3)cc1)=N2.CC.CCCC. The van der Waals surface area contributed by atoms with Gasteiger partial charge in [0.1, 0.15) is 11.4 Å². The maximum atomic E-state index is 13.7. The first-order valence-corrected chi connectivity index (χ1v) is 15.9. The normalized spacial score (nSPS) is 21.2. The molecule has 6 heteroatoms. The van der Waals surface area contributed by atoms with Crippen LogP contribution >= 0.6 is 0 Å². The van der Waals surface area contributed by atoms with E-state index in [-0.39, 0.29) is 34.9 Å². The summed E-state index contributed by atoms with van der Waals surface area (Å²) in [4.78, 5) is 31.4. The number of unbranched alkanes of at least 4 members (excludes halogenated alkanes) is 1. The highest BCUT2D eigenvalue weighted by Crippen LogP contribution is 2.48. The van der Waals surface area contributed by atoms with Gasteiger partial charge in [0.15, 0.2) is 5.78 Å². The fourth-order valence-electron chi connectivity index (χ4n) is 5.66. The lowest BCUT2D eigenvalue weighted by molar-refractivity contribution is -0.487. The monoisotopic (exact) mass is 582 g/mol. The minimum absolute atomic E-state index is 0.136. The number of hydrogen-bond acceptors (Lipinski definition) is 4. The van der Waals surface area contributed by atoms with Gasteiger partial charge in [0.2, 0.25) is 5.69 Å². The lowest BCUT2D eigenvalue weighted by Gasteiger charge is -2.38. The second kappa shape index (κ2) is 15.7. The topological polar surface area (TPSA) is 65.1 Å². The zero-order valence-corrected chi connectivity index (χ0v) is 27.0. The molecule has 0 spiro atoms. The molecule has 4 aliphatic rings. The molecule has 0 aromatic heterocycles. The average Bonchev–Trinajstić information content (AvgIpc) is 3.85. The Morgan fingerprint density at radius 2 is 1.72 bits per heavy atom. The summed E-state index contributed by atoms with van der Waals surface area (Å²) < 4.78 is 2.08. The fraction of sp³-hybridized carbons (Fsp3) is 0.459. The first-order chi connectivity index (χ1) is 20.7. The highest BCUT2D eigenvalue weighted by atomic mass is 16.2. The highest BCUT2D eigenvalue weighted by molar-refractivity contribution is 6.00. The molecule has 1 aromatic rings. The van der Waals surface area contributed by atoms with Gasteiger partial charge < -0.3 is 4.90 Å². The number of azo groups is 2. The van der Waals surface area contributed by atoms with Crippen molar-refractivity contribution in [1.29, 1.82) is 0 Å². The van der Waals surface area contributed by atoms with Gasteiger partial charge in [0, 0.05) is 30.7 Å². The Labute approximate surface area is 259 Å². The van der Waals surface area contributed by atoms with E-state index in [1.807, 2.05) is 24.8 Å². The summed E-state index contributed by atoms with van der Waals surface area (Å²) in [7, 11) is 0. The van der Waals surface area contributed by atoms with Crippen molar-refractivity contribution in [3.63, 3.8) is 0 Å². The number of benzene rings is 1. The zero-order valence-electron chi connectivity index (χ0n) is 27.0. The third-order valence-corrected chi connectivity index (χ3v) is 8.52. The third-order valence-electron chi connectivity index (χ3n) is 8.52. The van der Waals surface area contributed by atoms with Crippen LogP contribution in [0.1, 0.15) is 97.5 Å². The van der Waals surface area contributed by atoms with Crippen molar-refractivity contribution in [1.82, 2.24) is 4.90 Å². The van der Waals surface area contributed by atoms with Crippen molar-refractivity contribution in [3.05, 3.63) is 95.9 Å². The molecule has 2 aliphatic heterocycles. The number of piperidine rings is 1. The lowest BCUT2D eigenvalue weighted by Crippen LogP contribution is -2.49. The number of hydrogen-bond donors (Lipinski definition) is 0. The van der Waals surface area contributed by atoms with Crippen molar-refractivity contribution in [2.24, 2.45) is 16.0 Å². The number of nitrogens with zero attached hydrogens (tertiary/aromatic N) is 4. The van der Waals surface area contributed by atoms with Crippen LogP contribution < -0.4 is 0 Å². The van der Waals surface area contributed by atoms with Crippen molar-refractivity contribution in [3.8, 4) is 0 Å². The predicted molar refractivity (Wildman–Crippen MR) is 177 cm³/mol. The lowest BCUT2D eigenvalue weighted by atomic mass is 9.83. The van der Waals surface area contributed by atoms with E-state index in [0.29, 0.717) is 18.9 Å². The maximum absolute atomic E-state index is 13.7. The quantitative estimate of drug-likeness (QED) is 0.126. The number of likely N-dealkylation sites (tertiary alicyclic amines) is 1. The molecule has 1 aromatic carbocycles. The van der Waals surface area contributed by atoms with Crippen molar-refractivity contribution in [2.75, 3.05) is 6.54 Å². The Morgan fingerprint density at radius 1 is 1.07 bits per heavy atom. The molecule has 2 heterocycles. The summed E-state index contributed by atoms with van der Waals surface area (Å²) in [6, 6.07) is 9.77. The van der Waals surface area contributed by atoms with Gasteiger partial charge in [-0.3, -0.25) is 14.6 Å². The van der Waals surface area contributed by atoms with Gasteiger partial charge in [-0.2, -0.15) is 0 Å². The molecule has 0 bridgehead atoms. The number of aliphatic imine (C=N–C) groups is 1. The van der Waals surface area contributed by atoms with Crippen LogP contribution in [0.2, 0.25) is 0 Å². The number of carbonyl (C=O) groups excluding carboxylic acids is 2. The number of ketones is 1. The van der Waals surface area contributed by atoms with E-state index >= 15 is 0 Å². The molecular formula is C37H50N4O2+. The van der Waals surface area contributed by atoms with E-state index in [4.69, 9.17) is 5.11 Å². The zero-order chi connectivity index (χ0) is 31.7. The second-order valence-corrected chi connectivity index (χ2v) is 11.4. The van der Waals surface area contributed by atoms with Crippen molar-refractivity contribution >= 4 is 24.1 Å². The maximum Gasteiger partial charge on any atom is 0.291 e. The third kappa shape index (κ3) is 7.84.